The maximum atomic E-state index is 13.9. The molecule has 1 heterocycles. The van der Waals surface area contributed by atoms with Crippen LogP contribution < -0.4 is 5.32 Å². The summed E-state index contributed by atoms with van der Waals surface area (Å²) in [6.07, 6.45) is 7.66. The molecule has 0 atom stereocenters. The van der Waals surface area contributed by atoms with Gasteiger partial charge in [0.1, 0.15) is 0 Å². The molecule has 0 amide bonds. The lowest BCUT2D eigenvalue weighted by Gasteiger charge is -2.23. The Kier molecular flexibility index (Phi) is 3.79. The van der Waals surface area contributed by atoms with Gasteiger partial charge in [0.25, 0.3) is 0 Å². The van der Waals surface area contributed by atoms with Gasteiger partial charge in [-0.3, -0.25) is 0 Å². The van der Waals surface area contributed by atoms with Crippen molar-refractivity contribution < 1.29 is 4.39 Å². The SMILES string of the molecule is Cc1c(Br)cnc(NC2CCCCC2)c1F. The summed E-state index contributed by atoms with van der Waals surface area (Å²) in [4.78, 5) is 4.10. The maximum absolute atomic E-state index is 13.9. The van der Waals surface area contributed by atoms with Gasteiger partial charge in [0.2, 0.25) is 0 Å². The van der Waals surface area contributed by atoms with E-state index in [2.05, 4.69) is 26.2 Å². The third-order valence-corrected chi connectivity index (χ3v) is 3.95. The molecule has 0 unspecified atom stereocenters. The standard InChI is InChI=1S/C12H16BrFN2/c1-8-10(13)7-15-12(11(8)14)16-9-5-3-2-4-6-9/h7,9H,2-6H2,1H3,(H,15,16). The average molecular weight is 287 g/mol. The first-order valence-electron chi connectivity index (χ1n) is 5.75. The predicted octanol–water partition coefficient (Wildman–Crippen LogP) is 4.04. The number of hydrogen-bond donors (Lipinski definition) is 1. The molecule has 1 fully saturated rings. The quantitative estimate of drug-likeness (QED) is 0.888. The molecule has 1 aliphatic rings. The van der Waals surface area contributed by atoms with Crippen molar-refractivity contribution in [1.29, 1.82) is 0 Å². The Labute approximate surface area is 104 Å². The van der Waals surface area contributed by atoms with Gasteiger partial charge in [0.15, 0.2) is 11.6 Å². The monoisotopic (exact) mass is 286 g/mol. The zero-order chi connectivity index (χ0) is 11.5. The highest BCUT2D eigenvalue weighted by Gasteiger charge is 2.16. The van der Waals surface area contributed by atoms with Crippen LogP contribution in [-0.4, -0.2) is 11.0 Å². The molecule has 88 valence electrons. The van der Waals surface area contributed by atoms with Crippen LogP contribution in [0, 0.1) is 12.7 Å². The van der Waals surface area contributed by atoms with E-state index in [1.807, 2.05) is 0 Å². The predicted molar refractivity (Wildman–Crippen MR) is 67.1 cm³/mol. The lowest BCUT2D eigenvalue weighted by atomic mass is 9.95. The minimum Gasteiger partial charge on any atom is -0.365 e. The van der Waals surface area contributed by atoms with E-state index < -0.39 is 0 Å². The van der Waals surface area contributed by atoms with Gasteiger partial charge in [0, 0.05) is 22.3 Å². The van der Waals surface area contributed by atoms with Crippen molar-refractivity contribution in [1.82, 2.24) is 4.98 Å². The van der Waals surface area contributed by atoms with Gasteiger partial charge in [-0.05, 0) is 35.7 Å². The molecule has 0 aromatic carbocycles. The molecular weight excluding hydrogens is 271 g/mol. The zero-order valence-electron chi connectivity index (χ0n) is 9.39. The van der Waals surface area contributed by atoms with Crippen molar-refractivity contribution in [3.05, 3.63) is 22.1 Å². The van der Waals surface area contributed by atoms with Crippen molar-refractivity contribution in [3.8, 4) is 0 Å². The molecule has 4 heteroatoms. The van der Waals surface area contributed by atoms with E-state index in [0.29, 0.717) is 17.4 Å². The van der Waals surface area contributed by atoms with Crippen molar-refractivity contribution >= 4 is 21.7 Å². The first kappa shape index (κ1) is 11.8. The third-order valence-electron chi connectivity index (χ3n) is 3.15. The summed E-state index contributed by atoms with van der Waals surface area (Å²) in [7, 11) is 0. The molecule has 0 saturated heterocycles. The second-order valence-electron chi connectivity index (χ2n) is 4.37. The van der Waals surface area contributed by atoms with E-state index in [-0.39, 0.29) is 5.82 Å². The molecule has 1 aromatic heterocycles. The minimum atomic E-state index is -0.236. The number of halogens is 2. The van der Waals surface area contributed by atoms with Gasteiger partial charge in [0.05, 0.1) is 0 Å². The number of aromatic nitrogens is 1. The maximum Gasteiger partial charge on any atom is 0.169 e. The van der Waals surface area contributed by atoms with E-state index in [4.69, 9.17) is 0 Å². The second-order valence-corrected chi connectivity index (χ2v) is 5.23. The van der Waals surface area contributed by atoms with Crippen molar-refractivity contribution in [2.45, 2.75) is 45.1 Å². The Morgan fingerprint density at radius 2 is 2.06 bits per heavy atom. The largest absolute Gasteiger partial charge is 0.365 e. The smallest absolute Gasteiger partial charge is 0.169 e. The summed E-state index contributed by atoms with van der Waals surface area (Å²) in [6.45, 7) is 1.76. The highest BCUT2D eigenvalue weighted by Crippen LogP contribution is 2.26. The van der Waals surface area contributed by atoms with Crippen LogP contribution in [0.25, 0.3) is 0 Å². The Morgan fingerprint density at radius 3 is 2.75 bits per heavy atom. The van der Waals surface area contributed by atoms with Crippen molar-refractivity contribution in [2.75, 3.05) is 5.32 Å². The molecule has 0 bridgehead atoms. The van der Waals surface area contributed by atoms with Gasteiger partial charge in [-0.1, -0.05) is 19.3 Å². The molecule has 1 aliphatic carbocycles. The molecule has 0 spiro atoms. The first-order valence-corrected chi connectivity index (χ1v) is 6.55. The van der Waals surface area contributed by atoms with Crippen molar-refractivity contribution in [3.63, 3.8) is 0 Å². The normalized spacial score (nSPS) is 17.4. The van der Waals surface area contributed by atoms with E-state index in [0.717, 1.165) is 17.3 Å². The molecule has 2 rings (SSSR count). The molecule has 0 radical (unpaired) electrons. The number of nitrogens with zero attached hydrogens (tertiary/aromatic N) is 1. The Morgan fingerprint density at radius 1 is 1.38 bits per heavy atom. The topological polar surface area (TPSA) is 24.9 Å². The Bertz CT molecular complexity index is 376. The molecule has 1 N–H and O–H groups in total. The van der Waals surface area contributed by atoms with Crippen LogP contribution in [0.3, 0.4) is 0 Å². The van der Waals surface area contributed by atoms with Crippen molar-refractivity contribution in [2.24, 2.45) is 0 Å². The van der Waals surface area contributed by atoms with E-state index in [1.54, 1.807) is 13.1 Å². The summed E-state index contributed by atoms with van der Waals surface area (Å²) in [5, 5.41) is 3.21. The molecule has 2 nitrogen and oxygen atoms in total. The van der Waals surface area contributed by atoms with Crippen LogP contribution in [0.15, 0.2) is 10.7 Å². The van der Waals surface area contributed by atoms with E-state index in [9.17, 15) is 4.39 Å². The van der Waals surface area contributed by atoms with Gasteiger partial charge in [-0.15, -0.1) is 0 Å². The number of rotatable bonds is 2. The molecule has 16 heavy (non-hydrogen) atoms. The summed E-state index contributed by atoms with van der Waals surface area (Å²) in [6, 6.07) is 0.385. The lowest BCUT2D eigenvalue weighted by molar-refractivity contribution is 0.459. The molecule has 1 aromatic rings. The number of anilines is 1. The first-order chi connectivity index (χ1) is 7.68. The van der Waals surface area contributed by atoms with E-state index in [1.165, 1.54) is 19.3 Å². The third kappa shape index (κ3) is 2.54. The summed E-state index contributed by atoms with van der Waals surface area (Å²) in [5.74, 6) is 0.160. The van der Waals surface area contributed by atoms with Gasteiger partial charge in [-0.25, -0.2) is 9.37 Å². The van der Waals surface area contributed by atoms with E-state index >= 15 is 0 Å². The van der Waals surface area contributed by atoms with Crippen LogP contribution in [0.5, 0.6) is 0 Å². The molecule has 1 saturated carbocycles. The highest BCUT2D eigenvalue weighted by atomic mass is 79.9. The summed E-state index contributed by atoms with van der Waals surface area (Å²) >= 11 is 3.28. The van der Waals surface area contributed by atoms with Crippen LogP contribution in [-0.2, 0) is 0 Å². The van der Waals surface area contributed by atoms with Crippen LogP contribution in [0.4, 0.5) is 10.2 Å². The van der Waals surface area contributed by atoms with Crippen LogP contribution in [0.1, 0.15) is 37.7 Å². The van der Waals surface area contributed by atoms with Crippen LogP contribution >= 0.6 is 15.9 Å². The average Bonchev–Trinajstić information content (AvgIpc) is 2.31. The Balaban J connectivity index is 2.11. The fourth-order valence-electron chi connectivity index (χ4n) is 2.10. The zero-order valence-corrected chi connectivity index (χ0v) is 11.0. The highest BCUT2D eigenvalue weighted by molar-refractivity contribution is 9.10. The van der Waals surface area contributed by atoms with Gasteiger partial charge >= 0.3 is 0 Å². The minimum absolute atomic E-state index is 0.236. The molecular formula is C12H16BrFN2. The van der Waals surface area contributed by atoms with Crippen LogP contribution in [0.2, 0.25) is 0 Å². The number of nitrogens with one attached hydrogen (secondary N) is 1. The molecule has 0 aliphatic heterocycles. The summed E-state index contributed by atoms with van der Waals surface area (Å²) in [5.41, 5.74) is 0.619. The fourth-order valence-corrected chi connectivity index (χ4v) is 2.37. The fraction of sp³-hybridized carbons (Fsp3) is 0.583. The second kappa shape index (κ2) is 5.13. The summed E-state index contributed by atoms with van der Waals surface area (Å²) < 4.78 is 14.6. The lowest BCUT2D eigenvalue weighted by Crippen LogP contribution is -2.23. The van der Waals surface area contributed by atoms with Gasteiger partial charge < -0.3 is 5.32 Å². The number of pyridine rings is 1. The number of hydrogen-bond acceptors (Lipinski definition) is 2. The van der Waals surface area contributed by atoms with Gasteiger partial charge in [-0.2, -0.15) is 0 Å². The Hall–Kier alpha value is -0.640.